The van der Waals surface area contributed by atoms with Crippen molar-refractivity contribution in [3.05, 3.63) is 64.2 Å². The summed E-state index contributed by atoms with van der Waals surface area (Å²) in [5.41, 5.74) is 5.24. The monoisotopic (exact) mass is 383 g/mol. The molecule has 2 aromatic rings. The first-order valence-electron chi connectivity index (χ1n) is 9.49. The highest BCUT2D eigenvalue weighted by atomic mass is 16.5. The highest BCUT2D eigenvalue weighted by Crippen LogP contribution is 2.17. The third-order valence-electron chi connectivity index (χ3n) is 4.68. The van der Waals surface area contributed by atoms with Gasteiger partial charge in [0.2, 0.25) is 5.91 Å². The molecule has 0 saturated carbocycles. The predicted octanol–water partition coefficient (Wildman–Crippen LogP) is 3.45. The average molecular weight is 383 g/mol. The van der Waals surface area contributed by atoms with Crippen molar-refractivity contribution in [3.63, 3.8) is 0 Å². The first-order chi connectivity index (χ1) is 13.3. The number of rotatable bonds is 8. The van der Waals surface area contributed by atoms with Gasteiger partial charge in [0.15, 0.2) is 0 Å². The van der Waals surface area contributed by atoms with E-state index < -0.39 is 12.0 Å². The summed E-state index contributed by atoms with van der Waals surface area (Å²) in [5, 5.41) is 2.85. The highest BCUT2D eigenvalue weighted by molar-refractivity contribution is 5.86. The van der Waals surface area contributed by atoms with Crippen LogP contribution in [0, 0.1) is 20.8 Å². The molecular formula is C23H29NO4. The maximum absolute atomic E-state index is 12.7. The van der Waals surface area contributed by atoms with E-state index in [2.05, 4.69) is 17.4 Å². The second kappa shape index (κ2) is 9.93. The van der Waals surface area contributed by atoms with Crippen molar-refractivity contribution in [2.75, 3.05) is 13.7 Å². The summed E-state index contributed by atoms with van der Waals surface area (Å²) in [5.74, 6) is 0.122. The minimum absolute atomic E-state index is 0.193. The Kier molecular flexibility index (Phi) is 7.61. The first kappa shape index (κ1) is 21.5. The van der Waals surface area contributed by atoms with Crippen LogP contribution in [0.15, 0.2) is 36.4 Å². The summed E-state index contributed by atoms with van der Waals surface area (Å²) in [7, 11) is 1.60. The van der Waals surface area contributed by atoms with E-state index in [4.69, 9.17) is 9.47 Å². The molecule has 0 spiro atoms. The second-order valence-corrected chi connectivity index (χ2v) is 6.98. The Morgan fingerprint density at radius 2 is 1.64 bits per heavy atom. The molecule has 0 aliphatic heterocycles. The van der Waals surface area contributed by atoms with E-state index in [1.165, 1.54) is 5.56 Å². The Morgan fingerprint density at radius 3 is 2.18 bits per heavy atom. The van der Waals surface area contributed by atoms with Crippen molar-refractivity contribution in [2.24, 2.45) is 0 Å². The topological polar surface area (TPSA) is 64.6 Å². The van der Waals surface area contributed by atoms with Gasteiger partial charge in [-0.1, -0.05) is 29.8 Å². The standard InChI is InChI=1S/C23H29NO4/c1-6-28-23(26)21(13-18-7-9-19(27-5)10-8-18)24-22(25)14-20-16(3)11-15(2)12-17(20)4/h7-12,21H,6,13-14H2,1-5H3,(H,24,25)/t21-/m0/s1. The number of carbonyl (C=O) groups is 2. The molecule has 0 radical (unpaired) electrons. The lowest BCUT2D eigenvalue weighted by atomic mass is 9.97. The van der Waals surface area contributed by atoms with Crippen LogP contribution in [-0.4, -0.2) is 31.6 Å². The lowest BCUT2D eigenvalue weighted by Crippen LogP contribution is -2.44. The van der Waals surface area contributed by atoms with Gasteiger partial charge in [-0.05, 0) is 62.1 Å². The van der Waals surface area contributed by atoms with Gasteiger partial charge in [0, 0.05) is 6.42 Å². The van der Waals surface area contributed by atoms with E-state index in [1.54, 1.807) is 14.0 Å². The van der Waals surface area contributed by atoms with Crippen molar-refractivity contribution in [2.45, 2.75) is 46.6 Å². The van der Waals surface area contributed by atoms with Crippen molar-refractivity contribution in [1.82, 2.24) is 5.32 Å². The molecule has 0 unspecified atom stereocenters. The fraction of sp³-hybridized carbons (Fsp3) is 0.391. The molecule has 0 aliphatic carbocycles. The number of amides is 1. The molecule has 1 N–H and O–H groups in total. The largest absolute Gasteiger partial charge is 0.497 e. The van der Waals surface area contributed by atoms with Crippen LogP contribution in [0.5, 0.6) is 5.75 Å². The molecule has 5 heteroatoms. The Labute approximate surface area is 167 Å². The average Bonchev–Trinajstić information content (AvgIpc) is 2.65. The Hall–Kier alpha value is -2.82. The number of hydrogen-bond acceptors (Lipinski definition) is 4. The molecule has 150 valence electrons. The quantitative estimate of drug-likeness (QED) is 0.709. The van der Waals surface area contributed by atoms with E-state index in [-0.39, 0.29) is 18.9 Å². The number of benzene rings is 2. The maximum Gasteiger partial charge on any atom is 0.328 e. The van der Waals surface area contributed by atoms with Crippen LogP contribution in [0.1, 0.15) is 34.7 Å². The van der Waals surface area contributed by atoms with E-state index in [0.717, 1.165) is 28.0 Å². The number of ether oxygens (including phenoxy) is 2. The zero-order valence-electron chi connectivity index (χ0n) is 17.3. The molecule has 0 fully saturated rings. The molecule has 1 amide bonds. The summed E-state index contributed by atoms with van der Waals surface area (Å²) >= 11 is 0. The third-order valence-corrected chi connectivity index (χ3v) is 4.68. The van der Waals surface area contributed by atoms with Gasteiger partial charge in [-0.15, -0.1) is 0 Å². The van der Waals surface area contributed by atoms with Crippen LogP contribution in [0.25, 0.3) is 0 Å². The number of aryl methyl sites for hydroxylation is 3. The lowest BCUT2D eigenvalue weighted by Gasteiger charge is -2.19. The van der Waals surface area contributed by atoms with Gasteiger partial charge in [-0.3, -0.25) is 4.79 Å². The van der Waals surface area contributed by atoms with Crippen molar-refractivity contribution in [1.29, 1.82) is 0 Å². The Balaban J connectivity index is 2.13. The molecule has 0 saturated heterocycles. The van der Waals surface area contributed by atoms with Crippen LogP contribution in [0.4, 0.5) is 0 Å². The Bertz CT molecular complexity index is 804. The van der Waals surface area contributed by atoms with Crippen LogP contribution in [-0.2, 0) is 27.2 Å². The molecule has 0 aromatic heterocycles. The van der Waals surface area contributed by atoms with Gasteiger partial charge in [-0.2, -0.15) is 0 Å². The summed E-state index contributed by atoms with van der Waals surface area (Å²) in [6, 6.07) is 10.8. The molecule has 0 heterocycles. The zero-order chi connectivity index (χ0) is 20.7. The molecular weight excluding hydrogens is 354 g/mol. The van der Waals surface area contributed by atoms with Gasteiger partial charge in [-0.25, -0.2) is 4.79 Å². The number of nitrogens with one attached hydrogen (secondary N) is 1. The fourth-order valence-electron chi connectivity index (χ4n) is 3.33. The maximum atomic E-state index is 12.7. The van der Waals surface area contributed by atoms with Crippen LogP contribution >= 0.6 is 0 Å². The first-order valence-corrected chi connectivity index (χ1v) is 9.49. The van der Waals surface area contributed by atoms with Gasteiger partial charge in [0.1, 0.15) is 11.8 Å². The number of carbonyl (C=O) groups excluding carboxylic acids is 2. The third kappa shape index (κ3) is 5.84. The van der Waals surface area contributed by atoms with Crippen LogP contribution < -0.4 is 10.1 Å². The molecule has 0 bridgehead atoms. The molecule has 5 nitrogen and oxygen atoms in total. The molecule has 2 aromatic carbocycles. The molecule has 2 rings (SSSR count). The second-order valence-electron chi connectivity index (χ2n) is 6.98. The zero-order valence-corrected chi connectivity index (χ0v) is 17.3. The fourth-order valence-corrected chi connectivity index (χ4v) is 3.33. The minimum Gasteiger partial charge on any atom is -0.497 e. The Morgan fingerprint density at radius 1 is 1.04 bits per heavy atom. The van der Waals surface area contributed by atoms with Gasteiger partial charge in [0.25, 0.3) is 0 Å². The van der Waals surface area contributed by atoms with Crippen molar-refractivity contribution < 1.29 is 19.1 Å². The predicted molar refractivity (Wildman–Crippen MR) is 110 cm³/mol. The number of hydrogen-bond donors (Lipinski definition) is 1. The van der Waals surface area contributed by atoms with Crippen molar-refractivity contribution >= 4 is 11.9 Å². The van der Waals surface area contributed by atoms with Gasteiger partial charge < -0.3 is 14.8 Å². The van der Waals surface area contributed by atoms with E-state index in [1.807, 2.05) is 45.0 Å². The van der Waals surface area contributed by atoms with E-state index >= 15 is 0 Å². The molecule has 1 atom stereocenters. The highest BCUT2D eigenvalue weighted by Gasteiger charge is 2.23. The van der Waals surface area contributed by atoms with Crippen LogP contribution in [0.2, 0.25) is 0 Å². The van der Waals surface area contributed by atoms with E-state index in [0.29, 0.717) is 6.42 Å². The summed E-state index contributed by atoms with van der Waals surface area (Å²) in [6.45, 7) is 8.06. The lowest BCUT2D eigenvalue weighted by molar-refractivity contribution is -0.147. The molecule has 28 heavy (non-hydrogen) atoms. The molecule has 0 aliphatic rings. The number of methoxy groups -OCH3 is 1. The normalized spacial score (nSPS) is 11.6. The van der Waals surface area contributed by atoms with Gasteiger partial charge in [0.05, 0.1) is 20.1 Å². The van der Waals surface area contributed by atoms with Crippen LogP contribution in [0.3, 0.4) is 0 Å². The van der Waals surface area contributed by atoms with Gasteiger partial charge >= 0.3 is 5.97 Å². The SMILES string of the molecule is CCOC(=O)[C@H](Cc1ccc(OC)cc1)NC(=O)Cc1c(C)cc(C)cc1C. The summed E-state index contributed by atoms with van der Waals surface area (Å²) in [4.78, 5) is 25.0. The summed E-state index contributed by atoms with van der Waals surface area (Å²) in [6.07, 6.45) is 0.594. The smallest absolute Gasteiger partial charge is 0.328 e. The van der Waals surface area contributed by atoms with Crippen molar-refractivity contribution in [3.8, 4) is 5.75 Å². The summed E-state index contributed by atoms with van der Waals surface area (Å²) < 4.78 is 10.3. The van der Waals surface area contributed by atoms with E-state index in [9.17, 15) is 9.59 Å². The number of esters is 1. The minimum atomic E-state index is -0.730.